The number of hydrogen-bond donors (Lipinski definition) is 0. The molecule has 0 radical (unpaired) electrons. The van der Waals surface area contributed by atoms with Crippen LogP contribution in [0.25, 0.3) is 0 Å². The highest BCUT2D eigenvalue weighted by atomic mass is 35.7. The molecule has 0 aromatic heterocycles. The van der Waals surface area contributed by atoms with Crippen molar-refractivity contribution < 1.29 is 13.2 Å². The largest absolute Gasteiger partial charge is 0.493 e. The van der Waals surface area contributed by atoms with E-state index in [-0.39, 0.29) is 4.90 Å². The fourth-order valence-electron chi connectivity index (χ4n) is 1.67. The van der Waals surface area contributed by atoms with E-state index in [2.05, 4.69) is 6.92 Å². The lowest BCUT2D eigenvalue weighted by Crippen LogP contribution is -2.18. The van der Waals surface area contributed by atoms with Gasteiger partial charge in [-0.15, -0.1) is 0 Å². The number of benzene rings is 1. The first-order valence-corrected chi connectivity index (χ1v) is 6.98. The third-order valence-electron chi connectivity index (χ3n) is 2.41. The van der Waals surface area contributed by atoms with E-state index in [1.165, 1.54) is 6.07 Å². The van der Waals surface area contributed by atoms with E-state index < -0.39 is 9.05 Å². The maximum Gasteiger partial charge on any atom is 0.261 e. The number of hydrogen-bond acceptors (Lipinski definition) is 3. The summed E-state index contributed by atoms with van der Waals surface area (Å²) in [7, 11) is 1.63. The molecule has 0 fully saturated rings. The van der Waals surface area contributed by atoms with Crippen molar-refractivity contribution in [1.82, 2.24) is 0 Å². The van der Waals surface area contributed by atoms with Crippen LogP contribution in [0, 0.1) is 5.92 Å². The van der Waals surface area contributed by atoms with Crippen LogP contribution in [-0.2, 0) is 15.5 Å². The number of ether oxygens (including phenoxy) is 1. The molecular formula is C10H11ClO3S. The van der Waals surface area contributed by atoms with Gasteiger partial charge in [-0.05, 0) is 36.1 Å². The van der Waals surface area contributed by atoms with Crippen molar-refractivity contribution in [2.24, 2.45) is 5.92 Å². The van der Waals surface area contributed by atoms with Gasteiger partial charge in [-0.25, -0.2) is 8.42 Å². The molecular weight excluding hydrogens is 236 g/mol. The van der Waals surface area contributed by atoms with Crippen LogP contribution in [0.2, 0.25) is 0 Å². The number of halogens is 1. The summed E-state index contributed by atoms with van der Waals surface area (Å²) in [5.74, 6) is 1.17. The Bertz CT molecular complexity index is 481. The maximum atomic E-state index is 11.1. The zero-order chi connectivity index (χ0) is 11.1. The van der Waals surface area contributed by atoms with Gasteiger partial charge in [0, 0.05) is 10.7 Å². The molecule has 0 amide bonds. The third kappa shape index (κ3) is 2.26. The Morgan fingerprint density at radius 2 is 2.20 bits per heavy atom. The molecule has 1 aromatic rings. The summed E-state index contributed by atoms with van der Waals surface area (Å²) in [6, 6.07) is 4.72. The Kier molecular flexibility index (Phi) is 2.64. The van der Waals surface area contributed by atoms with Crippen LogP contribution >= 0.6 is 10.7 Å². The van der Waals surface area contributed by atoms with E-state index in [1.54, 1.807) is 12.1 Å². The average molecular weight is 247 g/mol. The molecule has 0 aliphatic carbocycles. The molecule has 2 rings (SSSR count). The van der Waals surface area contributed by atoms with E-state index in [0.717, 1.165) is 17.7 Å². The number of rotatable bonds is 1. The van der Waals surface area contributed by atoms with Crippen molar-refractivity contribution in [2.45, 2.75) is 18.2 Å². The van der Waals surface area contributed by atoms with Gasteiger partial charge in [0.1, 0.15) is 5.75 Å². The molecule has 0 N–H and O–H groups in total. The fourth-order valence-corrected chi connectivity index (χ4v) is 2.48. The zero-order valence-electron chi connectivity index (χ0n) is 8.23. The van der Waals surface area contributed by atoms with Gasteiger partial charge < -0.3 is 4.74 Å². The average Bonchev–Trinajstić information content (AvgIpc) is 2.15. The number of fused-ring (bicyclic) bond motifs is 1. The van der Waals surface area contributed by atoms with Gasteiger partial charge >= 0.3 is 0 Å². The molecule has 0 spiro atoms. The normalized spacial score (nSPS) is 20.5. The Hall–Kier alpha value is -0.740. The van der Waals surface area contributed by atoms with Crippen LogP contribution < -0.4 is 4.74 Å². The molecule has 3 nitrogen and oxygen atoms in total. The van der Waals surface area contributed by atoms with E-state index in [9.17, 15) is 8.42 Å². The maximum absolute atomic E-state index is 11.1. The van der Waals surface area contributed by atoms with Gasteiger partial charge in [0.05, 0.1) is 11.5 Å². The van der Waals surface area contributed by atoms with Crippen molar-refractivity contribution in [3.63, 3.8) is 0 Å². The minimum absolute atomic E-state index is 0.139. The molecule has 1 aromatic carbocycles. The van der Waals surface area contributed by atoms with Gasteiger partial charge in [-0.2, -0.15) is 0 Å². The smallest absolute Gasteiger partial charge is 0.261 e. The first-order valence-electron chi connectivity index (χ1n) is 4.67. The van der Waals surface area contributed by atoms with Crippen molar-refractivity contribution in [3.8, 4) is 5.75 Å². The topological polar surface area (TPSA) is 43.4 Å². The third-order valence-corrected chi connectivity index (χ3v) is 3.76. The minimum Gasteiger partial charge on any atom is -0.493 e. The summed E-state index contributed by atoms with van der Waals surface area (Å²) in [6.07, 6.45) is 0.829. The van der Waals surface area contributed by atoms with Gasteiger partial charge in [0.15, 0.2) is 0 Å². The fraction of sp³-hybridized carbons (Fsp3) is 0.400. The lowest BCUT2D eigenvalue weighted by atomic mass is 9.99. The summed E-state index contributed by atoms with van der Waals surface area (Å²) in [5.41, 5.74) is 0.912. The highest BCUT2D eigenvalue weighted by molar-refractivity contribution is 8.13. The Morgan fingerprint density at radius 1 is 1.47 bits per heavy atom. The highest BCUT2D eigenvalue weighted by Crippen LogP contribution is 2.30. The second-order valence-electron chi connectivity index (χ2n) is 3.83. The van der Waals surface area contributed by atoms with Gasteiger partial charge in [0.25, 0.3) is 9.05 Å². The van der Waals surface area contributed by atoms with Gasteiger partial charge in [0.2, 0.25) is 0 Å². The lowest BCUT2D eigenvalue weighted by Gasteiger charge is -2.22. The molecule has 1 unspecified atom stereocenters. The molecule has 82 valence electrons. The Balaban J connectivity index is 2.46. The SMILES string of the molecule is CC1COc2ccc(S(=O)(=O)Cl)cc2C1. The quantitative estimate of drug-likeness (QED) is 0.714. The van der Waals surface area contributed by atoms with E-state index >= 15 is 0 Å². The van der Waals surface area contributed by atoms with Crippen molar-refractivity contribution in [1.29, 1.82) is 0 Å². The van der Waals surface area contributed by atoms with Crippen LogP contribution in [0.5, 0.6) is 5.75 Å². The van der Waals surface area contributed by atoms with Gasteiger partial charge in [-0.1, -0.05) is 6.92 Å². The first-order chi connectivity index (χ1) is 6.97. The summed E-state index contributed by atoms with van der Waals surface area (Å²) in [6.45, 7) is 2.74. The van der Waals surface area contributed by atoms with Crippen molar-refractivity contribution in [3.05, 3.63) is 23.8 Å². The molecule has 0 saturated heterocycles. The predicted molar refractivity (Wildman–Crippen MR) is 57.8 cm³/mol. The van der Waals surface area contributed by atoms with Crippen molar-refractivity contribution in [2.75, 3.05) is 6.61 Å². The monoisotopic (exact) mass is 246 g/mol. The summed E-state index contributed by atoms with van der Waals surface area (Å²) in [4.78, 5) is 0.139. The molecule has 1 aliphatic rings. The molecule has 1 heterocycles. The molecule has 5 heteroatoms. The Labute approximate surface area is 93.4 Å². The standard InChI is InChI=1S/C10H11ClO3S/c1-7-4-8-5-9(15(11,12)13)2-3-10(8)14-6-7/h2-3,5,7H,4,6H2,1H3. The van der Waals surface area contributed by atoms with E-state index in [1.807, 2.05) is 0 Å². The Morgan fingerprint density at radius 3 is 2.87 bits per heavy atom. The van der Waals surface area contributed by atoms with Crippen LogP contribution in [0.3, 0.4) is 0 Å². The molecule has 15 heavy (non-hydrogen) atoms. The lowest BCUT2D eigenvalue weighted by molar-refractivity contribution is 0.233. The molecule has 1 aliphatic heterocycles. The van der Waals surface area contributed by atoms with Gasteiger partial charge in [-0.3, -0.25) is 0 Å². The molecule has 0 saturated carbocycles. The van der Waals surface area contributed by atoms with Crippen molar-refractivity contribution >= 4 is 19.7 Å². The van der Waals surface area contributed by atoms with E-state index in [4.69, 9.17) is 15.4 Å². The van der Waals surface area contributed by atoms with Crippen LogP contribution in [0.1, 0.15) is 12.5 Å². The van der Waals surface area contributed by atoms with E-state index in [0.29, 0.717) is 12.5 Å². The molecule has 1 atom stereocenters. The van der Waals surface area contributed by atoms with Crippen LogP contribution in [-0.4, -0.2) is 15.0 Å². The zero-order valence-corrected chi connectivity index (χ0v) is 9.81. The first kappa shape index (κ1) is 10.8. The molecule has 0 bridgehead atoms. The predicted octanol–water partition coefficient (Wildman–Crippen LogP) is 2.19. The van der Waals surface area contributed by atoms with Crippen LogP contribution in [0.15, 0.2) is 23.1 Å². The highest BCUT2D eigenvalue weighted by Gasteiger charge is 2.19. The van der Waals surface area contributed by atoms with Crippen LogP contribution in [0.4, 0.5) is 0 Å². The summed E-state index contributed by atoms with van der Waals surface area (Å²) < 4.78 is 27.7. The summed E-state index contributed by atoms with van der Waals surface area (Å²) in [5, 5.41) is 0. The minimum atomic E-state index is -3.64. The second kappa shape index (κ2) is 3.68. The second-order valence-corrected chi connectivity index (χ2v) is 6.39. The summed E-state index contributed by atoms with van der Waals surface area (Å²) >= 11 is 0.